The van der Waals surface area contributed by atoms with Gasteiger partial charge in [0, 0.05) is 29.9 Å². The molecular weight excluding hydrogens is 502 g/mol. The lowest BCUT2D eigenvalue weighted by Gasteiger charge is -2.20. The number of nitrogens with one attached hydrogen (secondary N) is 2. The summed E-state index contributed by atoms with van der Waals surface area (Å²) in [4.78, 5) is 40.5. The standard InChI is InChI=1S/C28H29N5O6/c1-4-17(2)24(28(35)36)31-27(34)20-12-13-32-23(15-20)30-25(26(32)29-16-18-8-6-5-7-9-18)19-10-11-22(39-3)21(14-19)33(37)38/h5-15,17,24,29H,4,16H2,1-3H3,(H,31,34)(H,35,36). The number of hydrogen-bond acceptors (Lipinski definition) is 7. The van der Waals surface area contributed by atoms with E-state index >= 15 is 0 Å². The number of hydrogen-bond donors (Lipinski definition) is 3. The van der Waals surface area contributed by atoms with Crippen LogP contribution in [0.5, 0.6) is 5.75 Å². The third kappa shape index (κ3) is 5.82. The molecule has 202 valence electrons. The van der Waals surface area contributed by atoms with Gasteiger partial charge < -0.3 is 20.5 Å². The average Bonchev–Trinajstić information content (AvgIpc) is 3.31. The Morgan fingerprint density at radius 1 is 1.15 bits per heavy atom. The zero-order valence-electron chi connectivity index (χ0n) is 21.7. The number of anilines is 1. The van der Waals surface area contributed by atoms with E-state index in [1.165, 1.54) is 19.2 Å². The molecule has 11 nitrogen and oxygen atoms in total. The van der Waals surface area contributed by atoms with Crippen LogP contribution in [-0.2, 0) is 11.3 Å². The second-order valence-electron chi connectivity index (χ2n) is 9.11. The van der Waals surface area contributed by atoms with Crippen molar-refractivity contribution in [1.82, 2.24) is 14.7 Å². The monoisotopic (exact) mass is 531 g/mol. The first-order valence-corrected chi connectivity index (χ1v) is 12.4. The zero-order valence-corrected chi connectivity index (χ0v) is 21.7. The molecule has 0 aliphatic carbocycles. The number of fused-ring (bicyclic) bond motifs is 1. The maximum atomic E-state index is 13.0. The Balaban J connectivity index is 1.77. The van der Waals surface area contributed by atoms with Crippen molar-refractivity contribution in [3.05, 3.63) is 88.1 Å². The third-order valence-corrected chi connectivity index (χ3v) is 6.61. The number of amides is 1. The highest BCUT2D eigenvalue weighted by atomic mass is 16.6. The highest BCUT2D eigenvalue weighted by molar-refractivity contribution is 5.97. The van der Waals surface area contributed by atoms with Gasteiger partial charge in [-0.25, -0.2) is 9.78 Å². The Hall–Kier alpha value is -4.93. The van der Waals surface area contributed by atoms with Crippen LogP contribution in [-0.4, -0.2) is 44.4 Å². The van der Waals surface area contributed by atoms with E-state index in [1.807, 2.05) is 37.3 Å². The molecule has 2 heterocycles. The minimum absolute atomic E-state index is 0.125. The molecule has 0 aliphatic rings. The smallest absolute Gasteiger partial charge is 0.326 e. The number of benzene rings is 2. The van der Waals surface area contributed by atoms with Crippen LogP contribution in [0.3, 0.4) is 0 Å². The summed E-state index contributed by atoms with van der Waals surface area (Å²) >= 11 is 0. The SMILES string of the molecule is CCC(C)C(NC(=O)c1ccn2c(NCc3ccccc3)c(-c3ccc(OC)c([N+](=O)[O-])c3)nc2c1)C(=O)O. The number of pyridine rings is 1. The molecular formula is C28H29N5O6. The summed E-state index contributed by atoms with van der Waals surface area (Å²) < 4.78 is 6.88. The Morgan fingerprint density at radius 2 is 1.90 bits per heavy atom. The molecule has 0 spiro atoms. The normalized spacial score (nSPS) is 12.5. The Kier molecular flexibility index (Phi) is 8.09. The first-order chi connectivity index (χ1) is 18.7. The molecule has 39 heavy (non-hydrogen) atoms. The molecule has 2 unspecified atom stereocenters. The number of aliphatic carboxylic acids is 1. The minimum atomic E-state index is -1.10. The predicted octanol–water partition coefficient (Wildman–Crippen LogP) is 4.76. The molecule has 1 amide bonds. The average molecular weight is 532 g/mol. The van der Waals surface area contributed by atoms with Crippen LogP contribution in [0.25, 0.3) is 16.9 Å². The van der Waals surface area contributed by atoms with Crippen LogP contribution in [0.1, 0.15) is 36.2 Å². The molecule has 0 saturated heterocycles. The quantitative estimate of drug-likeness (QED) is 0.185. The van der Waals surface area contributed by atoms with E-state index in [2.05, 4.69) is 10.6 Å². The second kappa shape index (κ2) is 11.6. The summed E-state index contributed by atoms with van der Waals surface area (Å²) in [5, 5.41) is 27.2. The molecule has 4 aromatic rings. The fourth-order valence-corrected chi connectivity index (χ4v) is 4.23. The zero-order chi connectivity index (χ0) is 28.1. The van der Waals surface area contributed by atoms with Gasteiger partial charge in [0.2, 0.25) is 0 Å². The van der Waals surface area contributed by atoms with Gasteiger partial charge in [0.1, 0.15) is 23.2 Å². The highest BCUT2D eigenvalue weighted by Gasteiger charge is 2.26. The van der Waals surface area contributed by atoms with E-state index in [0.29, 0.717) is 35.7 Å². The number of nitro benzene ring substituents is 1. The van der Waals surface area contributed by atoms with Crippen LogP contribution in [0.2, 0.25) is 0 Å². The van der Waals surface area contributed by atoms with Gasteiger partial charge in [-0.05, 0) is 35.7 Å². The summed E-state index contributed by atoms with van der Waals surface area (Å²) in [6.07, 6.45) is 2.25. The van der Waals surface area contributed by atoms with Gasteiger partial charge in [0.15, 0.2) is 5.75 Å². The number of aromatic nitrogens is 2. The van der Waals surface area contributed by atoms with E-state index in [0.717, 1.165) is 5.56 Å². The van der Waals surface area contributed by atoms with Gasteiger partial charge in [-0.3, -0.25) is 19.3 Å². The molecule has 2 atom stereocenters. The van der Waals surface area contributed by atoms with Crippen LogP contribution >= 0.6 is 0 Å². The highest BCUT2D eigenvalue weighted by Crippen LogP contribution is 2.35. The predicted molar refractivity (Wildman–Crippen MR) is 146 cm³/mol. The van der Waals surface area contributed by atoms with Crippen LogP contribution in [0, 0.1) is 16.0 Å². The van der Waals surface area contributed by atoms with Crippen molar-refractivity contribution in [3.63, 3.8) is 0 Å². The van der Waals surface area contributed by atoms with Gasteiger partial charge in [0.05, 0.1) is 12.0 Å². The Morgan fingerprint density at radius 3 is 2.54 bits per heavy atom. The van der Waals surface area contributed by atoms with Gasteiger partial charge in [0.25, 0.3) is 5.91 Å². The summed E-state index contributed by atoms with van der Waals surface area (Å²) in [6.45, 7) is 4.08. The fraction of sp³-hybridized carbons (Fsp3) is 0.250. The molecule has 0 bridgehead atoms. The number of carbonyl (C=O) groups is 2. The molecule has 0 saturated carbocycles. The number of carboxylic acid groups (broad SMARTS) is 1. The first kappa shape index (κ1) is 27.1. The summed E-state index contributed by atoms with van der Waals surface area (Å²) in [6, 6.07) is 16.4. The number of imidazole rings is 1. The molecule has 0 radical (unpaired) electrons. The number of methoxy groups -OCH3 is 1. The van der Waals surface area contributed by atoms with Gasteiger partial charge in [-0.1, -0.05) is 50.6 Å². The minimum Gasteiger partial charge on any atom is -0.490 e. The van der Waals surface area contributed by atoms with Crippen molar-refractivity contribution in [3.8, 4) is 17.0 Å². The Labute approximate surface area is 224 Å². The summed E-state index contributed by atoms with van der Waals surface area (Å²) in [5.41, 5.74) is 2.38. The largest absolute Gasteiger partial charge is 0.490 e. The maximum Gasteiger partial charge on any atom is 0.326 e. The van der Waals surface area contributed by atoms with E-state index in [4.69, 9.17) is 9.72 Å². The van der Waals surface area contributed by atoms with E-state index in [1.54, 1.807) is 35.7 Å². The molecule has 3 N–H and O–H groups in total. The molecule has 2 aromatic heterocycles. The number of carbonyl (C=O) groups excluding carboxylic acids is 1. The number of carboxylic acids is 1. The lowest BCUT2D eigenvalue weighted by Crippen LogP contribution is -2.45. The lowest BCUT2D eigenvalue weighted by molar-refractivity contribution is -0.385. The van der Waals surface area contributed by atoms with Crippen molar-refractivity contribution in [2.45, 2.75) is 32.9 Å². The van der Waals surface area contributed by atoms with Crippen molar-refractivity contribution in [2.75, 3.05) is 12.4 Å². The lowest BCUT2D eigenvalue weighted by atomic mass is 9.99. The number of ether oxygens (including phenoxy) is 1. The van der Waals surface area contributed by atoms with E-state index in [-0.39, 0.29) is 22.9 Å². The van der Waals surface area contributed by atoms with Crippen LogP contribution in [0.15, 0.2) is 66.9 Å². The maximum absolute atomic E-state index is 13.0. The van der Waals surface area contributed by atoms with Crippen molar-refractivity contribution < 1.29 is 24.4 Å². The van der Waals surface area contributed by atoms with Gasteiger partial charge in [-0.2, -0.15) is 0 Å². The molecule has 0 aliphatic heterocycles. The molecule has 0 fully saturated rings. The number of rotatable bonds is 11. The van der Waals surface area contributed by atoms with Crippen LogP contribution in [0.4, 0.5) is 11.5 Å². The van der Waals surface area contributed by atoms with Crippen molar-refractivity contribution in [2.24, 2.45) is 5.92 Å². The van der Waals surface area contributed by atoms with Crippen LogP contribution < -0.4 is 15.4 Å². The summed E-state index contributed by atoms with van der Waals surface area (Å²) in [5.74, 6) is -1.19. The van der Waals surface area contributed by atoms with E-state index < -0.39 is 22.8 Å². The van der Waals surface area contributed by atoms with Gasteiger partial charge in [-0.15, -0.1) is 0 Å². The molecule has 2 aromatic carbocycles. The second-order valence-corrected chi connectivity index (χ2v) is 9.11. The topological polar surface area (TPSA) is 148 Å². The number of nitrogens with zero attached hydrogens (tertiary/aromatic N) is 3. The van der Waals surface area contributed by atoms with Crippen molar-refractivity contribution in [1.29, 1.82) is 0 Å². The summed E-state index contributed by atoms with van der Waals surface area (Å²) in [7, 11) is 1.36. The van der Waals surface area contributed by atoms with Crippen molar-refractivity contribution >= 4 is 29.0 Å². The third-order valence-electron chi connectivity index (χ3n) is 6.61. The fourth-order valence-electron chi connectivity index (χ4n) is 4.23. The number of nitro groups is 1. The molecule has 11 heteroatoms. The van der Waals surface area contributed by atoms with Gasteiger partial charge >= 0.3 is 11.7 Å². The Bertz CT molecular complexity index is 1520. The first-order valence-electron chi connectivity index (χ1n) is 12.4. The molecule has 4 rings (SSSR count). The van der Waals surface area contributed by atoms with E-state index in [9.17, 15) is 24.8 Å².